The van der Waals surface area contributed by atoms with E-state index in [0.29, 0.717) is 30.7 Å². The SMILES string of the molecule is Oc1c(Br)cc(CNc2c(Cl)cc(F)cc2Br)cc1Br. The monoisotopic (exact) mass is 485 g/mol. The Morgan fingerprint density at radius 2 is 1.65 bits per heavy atom. The first-order chi connectivity index (χ1) is 9.38. The number of aromatic hydroxyl groups is 1. The Morgan fingerprint density at radius 3 is 2.20 bits per heavy atom. The van der Waals surface area contributed by atoms with Gasteiger partial charge in [0.15, 0.2) is 0 Å². The number of phenols is 1. The number of nitrogens with one attached hydrogen (secondary N) is 1. The van der Waals surface area contributed by atoms with E-state index in [-0.39, 0.29) is 5.75 Å². The summed E-state index contributed by atoms with van der Waals surface area (Å²) in [4.78, 5) is 0. The van der Waals surface area contributed by atoms with Crippen molar-refractivity contribution in [1.82, 2.24) is 0 Å². The first kappa shape index (κ1) is 16.1. The molecule has 2 rings (SSSR count). The Labute approximate surface area is 145 Å². The number of benzene rings is 2. The van der Waals surface area contributed by atoms with Crippen molar-refractivity contribution in [3.8, 4) is 5.75 Å². The second kappa shape index (κ2) is 6.64. The fraction of sp³-hybridized carbons (Fsp3) is 0.0769. The summed E-state index contributed by atoms with van der Waals surface area (Å²) in [5.41, 5.74) is 1.54. The zero-order chi connectivity index (χ0) is 14.9. The summed E-state index contributed by atoms with van der Waals surface area (Å²) in [6, 6.07) is 6.17. The topological polar surface area (TPSA) is 32.3 Å². The smallest absolute Gasteiger partial charge is 0.143 e. The van der Waals surface area contributed by atoms with E-state index in [1.165, 1.54) is 12.1 Å². The van der Waals surface area contributed by atoms with Crippen LogP contribution >= 0.6 is 59.4 Å². The molecular weight excluding hydrogens is 480 g/mol. The number of hydrogen-bond donors (Lipinski definition) is 2. The number of phenolic OH excluding ortho intramolecular Hbond substituents is 1. The molecule has 0 heterocycles. The van der Waals surface area contributed by atoms with E-state index in [4.69, 9.17) is 11.6 Å². The van der Waals surface area contributed by atoms with Gasteiger partial charge in [0.05, 0.1) is 19.7 Å². The van der Waals surface area contributed by atoms with Crippen molar-refractivity contribution in [2.24, 2.45) is 0 Å². The van der Waals surface area contributed by atoms with Crippen molar-refractivity contribution in [3.05, 3.63) is 54.1 Å². The van der Waals surface area contributed by atoms with Crippen molar-refractivity contribution in [2.75, 3.05) is 5.32 Å². The molecule has 0 saturated heterocycles. The van der Waals surface area contributed by atoms with Crippen LogP contribution in [0.15, 0.2) is 37.7 Å². The molecular formula is C13H8Br3ClFNO. The Kier molecular flexibility index (Phi) is 5.34. The first-order valence-corrected chi connectivity index (χ1v) is 8.19. The van der Waals surface area contributed by atoms with E-state index in [0.717, 1.165) is 5.56 Å². The number of hydrogen-bond acceptors (Lipinski definition) is 2. The minimum atomic E-state index is -0.400. The summed E-state index contributed by atoms with van der Waals surface area (Å²) in [5.74, 6) is -0.253. The van der Waals surface area contributed by atoms with E-state index in [1.54, 1.807) is 12.1 Å². The molecule has 2 aromatic carbocycles. The van der Waals surface area contributed by atoms with Crippen LogP contribution in [0.2, 0.25) is 5.02 Å². The Balaban J connectivity index is 2.21. The molecule has 0 amide bonds. The summed E-state index contributed by atoms with van der Waals surface area (Å²) in [7, 11) is 0. The van der Waals surface area contributed by atoms with Crippen LogP contribution in [0.5, 0.6) is 5.75 Å². The van der Waals surface area contributed by atoms with Gasteiger partial charge in [-0.1, -0.05) is 11.6 Å². The molecule has 0 spiro atoms. The Bertz CT molecular complexity index is 620. The molecule has 0 aromatic heterocycles. The van der Waals surface area contributed by atoms with Crippen LogP contribution in [0.4, 0.5) is 10.1 Å². The van der Waals surface area contributed by atoms with Crippen molar-refractivity contribution < 1.29 is 9.50 Å². The molecule has 0 bridgehead atoms. The van der Waals surface area contributed by atoms with Crippen LogP contribution in [-0.4, -0.2) is 5.11 Å². The number of anilines is 1. The molecule has 0 radical (unpaired) electrons. The lowest BCUT2D eigenvalue weighted by atomic mass is 10.2. The molecule has 0 fully saturated rings. The average Bonchev–Trinajstić information content (AvgIpc) is 2.34. The van der Waals surface area contributed by atoms with E-state index >= 15 is 0 Å². The molecule has 0 atom stereocenters. The van der Waals surface area contributed by atoms with Crippen molar-refractivity contribution in [2.45, 2.75) is 6.54 Å². The minimum Gasteiger partial charge on any atom is -0.506 e. The van der Waals surface area contributed by atoms with E-state index in [9.17, 15) is 9.50 Å². The standard InChI is InChI=1S/C13H8Br3ClFNO/c14-8-3-7(18)4-11(17)12(8)19-5-6-1-9(15)13(20)10(16)2-6/h1-4,19-20H,5H2. The van der Waals surface area contributed by atoms with Crippen molar-refractivity contribution in [3.63, 3.8) is 0 Å². The van der Waals surface area contributed by atoms with Gasteiger partial charge in [-0.2, -0.15) is 0 Å². The van der Waals surface area contributed by atoms with Gasteiger partial charge in [0.25, 0.3) is 0 Å². The molecule has 2 aromatic rings. The zero-order valence-corrected chi connectivity index (χ0v) is 15.4. The fourth-order valence-corrected chi connectivity index (χ4v) is 3.86. The summed E-state index contributed by atoms with van der Waals surface area (Å²) in [5, 5.41) is 13.1. The van der Waals surface area contributed by atoms with Gasteiger partial charge in [-0.15, -0.1) is 0 Å². The highest BCUT2D eigenvalue weighted by Gasteiger charge is 2.10. The highest BCUT2D eigenvalue weighted by atomic mass is 79.9. The van der Waals surface area contributed by atoms with Crippen LogP contribution < -0.4 is 5.32 Å². The van der Waals surface area contributed by atoms with Crippen molar-refractivity contribution in [1.29, 1.82) is 0 Å². The second-order valence-electron chi connectivity index (χ2n) is 4.01. The van der Waals surface area contributed by atoms with Gasteiger partial charge in [0, 0.05) is 11.0 Å². The lowest BCUT2D eigenvalue weighted by molar-refractivity contribution is 0.468. The van der Waals surface area contributed by atoms with E-state index in [2.05, 4.69) is 53.1 Å². The third-order valence-corrected chi connectivity index (χ3v) is 4.69. The van der Waals surface area contributed by atoms with Gasteiger partial charge in [0.2, 0.25) is 0 Å². The highest BCUT2D eigenvalue weighted by Crippen LogP contribution is 2.35. The predicted octanol–water partition coefficient (Wildman–Crippen LogP) is 6.08. The third kappa shape index (κ3) is 3.67. The van der Waals surface area contributed by atoms with Gasteiger partial charge in [0.1, 0.15) is 11.6 Å². The van der Waals surface area contributed by atoms with Gasteiger partial charge in [-0.25, -0.2) is 4.39 Å². The van der Waals surface area contributed by atoms with Gasteiger partial charge < -0.3 is 10.4 Å². The maximum absolute atomic E-state index is 13.1. The maximum atomic E-state index is 13.1. The van der Waals surface area contributed by atoms with Crippen LogP contribution in [0.3, 0.4) is 0 Å². The Hall–Kier alpha value is -0.300. The molecule has 0 aliphatic heterocycles. The van der Waals surface area contributed by atoms with Gasteiger partial charge in [-0.05, 0) is 77.6 Å². The lowest BCUT2D eigenvalue weighted by Crippen LogP contribution is -2.01. The van der Waals surface area contributed by atoms with Crippen LogP contribution in [0.25, 0.3) is 0 Å². The number of halogens is 5. The molecule has 0 saturated carbocycles. The summed E-state index contributed by atoms with van der Waals surface area (Å²) in [6.45, 7) is 0.474. The van der Waals surface area contributed by atoms with Gasteiger partial charge >= 0.3 is 0 Å². The molecule has 7 heteroatoms. The largest absolute Gasteiger partial charge is 0.506 e. The van der Waals surface area contributed by atoms with E-state index < -0.39 is 5.82 Å². The maximum Gasteiger partial charge on any atom is 0.143 e. The van der Waals surface area contributed by atoms with Crippen LogP contribution in [0, 0.1) is 5.82 Å². The molecule has 0 aliphatic rings. The summed E-state index contributed by atoms with van der Waals surface area (Å²) >= 11 is 15.8. The second-order valence-corrected chi connectivity index (χ2v) is 6.98. The minimum absolute atomic E-state index is 0.148. The molecule has 0 unspecified atom stereocenters. The predicted molar refractivity (Wildman–Crippen MR) is 89.9 cm³/mol. The van der Waals surface area contributed by atoms with Gasteiger partial charge in [-0.3, -0.25) is 0 Å². The normalized spacial score (nSPS) is 10.7. The van der Waals surface area contributed by atoms with Crippen LogP contribution in [-0.2, 0) is 6.54 Å². The van der Waals surface area contributed by atoms with Crippen LogP contribution in [0.1, 0.15) is 5.56 Å². The first-order valence-electron chi connectivity index (χ1n) is 5.44. The molecule has 106 valence electrons. The zero-order valence-electron chi connectivity index (χ0n) is 9.85. The quantitative estimate of drug-likeness (QED) is 0.549. The average molecular weight is 488 g/mol. The molecule has 20 heavy (non-hydrogen) atoms. The third-order valence-electron chi connectivity index (χ3n) is 2.55. The Morgan fingerprint density at radius 1 is 1.05 bits per heavy atom. The number of rotatable bonds is 3. The molecule has 0 aliphatic carbocycles. The summed E-state index contributed by atoms with van der Waals surface area (Å²) < 4.78 is 14.9. The summed E-state index contributed by atoms with van der Waals surface area (Å²) in [6.07, 6.45) is 0. The highest BCUT2D eigenvalue weighted by molar-refractivity contribution is 9.11. The fourth-order valence-electron chi connectivity index (χ4n) is 1.62. The molecule has 2 nitrogen and oxygen atoms in total. The molecule has 2 N–H and O–H groups in total. The van der Waals surface area contributed by atoms with Crippen molar-refractivity contribution >= 4 is 65.1 Å². The van der Waals surface area contributed by atoms with E-state index in [1.807, 2.05) is 0 Å². The lowest BCUT2D eigenvalue weighted by Gasteiger charge is -2.12.